The SMILES string of the molecule is NC(=O)c1cnccn1.O=C(Nc1cc(C(F)(F)F)ccc1N1CCc2ccccc21)c1ccncc1. The average Bonchev–Trinajstić information content (AvgIpc) is 3.33. The molecule has 37 heavy (non-hydrogen) atoms. The van der Waals surface area contributed by atoms with Gasteiger partial charge in [-0.3, -0.25) is 19.6 Å². The van der Waals surface area contributed by atoms with Gasteiger partial charge in [-0.05, 0) is 48.4 Å². The molecule has 3 N–H and O–H groups in total. The number of nitrogens with two attached hydrogens (primary N) is 1. The standard InChI is InChI=1S/C21H16F3N3O.C5H5N3O/c22-21(23,24)16-5-6-19(27-12-9-14-3-1-2-4-18(14)27)17(13-16)26-20(28)15-7-10-25-11-8-15;6-5(9)4-3-7-1-2-8-4/h1-8,10-11,13H,9,12H2,(H,26,28);1-3H,(H2,6,9). The Morgan fingerprint density at radius 3 is 2.32 bits per heavy atom. The fourth-order valence-electron chi connectivity index (χ4n) is 3.76. The maximum Gasteiger partial charge on any atom is 0.416 e. The lowest BCUT2D eigenvalue weighted by Crippen LogP contribution is -2.19. The zero-order valence-corrected chi connectivity index (χ0v) is 19.3. The first-order valence-electron chi connectivity index (χ1n) is 11.1. The molecule has 3 heterocycles. The van der Waals surface area contributed by atoms with Gasteiger partial charge in [0, 0.05) is 42.6 Å². The number of hydrogen-bond donors (Lipinski definition) is 2. The van der Waals surface area contributed by atoms with Gasteiger partial charge in [0.2, 0.25) is 0 Å². The largest absolute Gasteiger partial charge is 0.416 e. The second-order valence-corrected chi connectivity index (χ2v) is 7.90. The number of alkyl halides is 3. The van der Waals surface area contributed by atoms with Crippen LogP contribution >= 0.6 is 0 Å². The predicted octanol–water partition coefficient (Wildman–Crippen LogP) is 4.62. The third-order valence-corrected chi connectivity index (χ3v) is 5.51. The van der Waals surface area contributed by atoms with Crippen LogP contribution in [0.4, 0.5) is 30.2 Å². The molecular weight excluding hydrogens is 485 g/mol. The third kappa shape index (κ3) is 6.07. The van der Waals surface area contributed by atoms with Crippen molar-refractivity contribution in [3.63, 3.8) is 0 Å². The van der Waals surface area contributed by atoms with E-state index in [9.17, 15) is 22.8 Å². The van der Waals surface area contributed by atoms with Crippen molar-refractivity contribution in [3.05, 3.63) is 108 Å². The molecule has 2 aromatic carbocycles. The number of rotatable bonds is 4. The van der Waals surface area contributed by atoms with Crippen molar-refractivity contribution in [1.29, 1.82) is 0 Å². The number of carbonyl (C=O) groups excluding carboxylic acids is 2. The van der Waals surface area contributed by atoms with Crippen molar-refractivity contribution in [3.8, 4) is 0 Å². The minimum atomic E-state index is -4.50. The minimum Gasteiger partial charge on any atom is -0.364 e. The van der Waals surface area contributed by atoms with E-state index in [4.69, 9.17) is 5.73 Å². The van der Waals surface area contributed by atoms with E-state index in [0.717, 1.165) is 29.8 Å². The van der Waals surface area contributed by atoms with Crippen LogP contribution in [0.25, 0.3) is 0 Å². The molecule has 0 fully saturated rings. The molecule has 0 atom stereocenters. The van der Waals surface area contributed by atoms with Crippen LogP contribution in [0.3, 0.4) is 0 Å². The van der Waals surface area contributed by atoms with E-state index < -0.39 is 23.6 Å². The summed E-state index contributed by atoms with van der Waals surface area (Å²) in [5.74, 6) is -1.04. The van der Waals surface area contributed by atoms with Crippen LogP contribution in [0.2, 0.25) is 0 Å². The highest BCUT2D eigenvalue weighted by molar-refractivity contribution is 6.06. The number of primary amides is 1. The highest BCUT2D eigenvalue weighted by atomic mass is 19.4. The summed E-state index contributed by atoms with van der Waals surface area (Å²) >= 11 is 0. The Morgan fingerprint density at radius 2 is 1.68 bits per heavy atom. The fourth-order valence-corrected chi connectivity index (χ4v) is 3.76. The van der Waals surface area contributed by atoms with E-state index in [1.165, 1.54) is 49.2 Å². The van der Waals surface area contributed by atoms with Gasteiger partial charge in [0.25, 0.3) is 11.8 Å². The number of aromatic nitrogens is 3. The number of hydrogen-bond acceptors (Lipinski definition) is 6. The van der Waals surface area contributed by atoms with E-state index in [0.29, 0.717) is 17.8 Å². The van der Waals surface area contributed by atoms with Crippen molar-refractivity contribution in [1.82, 2.24) is 15.0 Å². The molecular formula is C26H21F3N6O2. The highest BCUT2D eigenvalue weighted by Gasteiger charge is 2.32. The first kappa shape index (κ1) is 25.3. The van der Waals surface area contributed by atoms with Crippen LogP contribution in [0.5, 0.6) is 0 Å². The first-order chi connectivity index (χ1) is 17.7. The van der Waals surface area contributed by atoms with Crippen LogP contribution < -0.4 is 16.0 Å². The number of nitrogens with zero attached hydrogens (tertiary/aromatic N) is 4. The van der Waals surface area contributed by atoms with Crippen LogP contribution in [0.15, 0.2) is 85.6 Å². The summed E-state index contributed by atoms with van der Waals surface area (Å²) in [7, 11) is 0. The predicted molar refractivity (Wildman–Crippen MR) is 131 cm³/mol. The van der Waals surface area contributed by atoms with E-state index in [2.05, 4.69) is 20.3 Å². The molecule has 0 spiro atoms. The second kappa shape index (κ2) is 10.9. The number of fused-ring (bicyclic) bond motifs is 1. The molecule has 4 aromatic rings. The maximum absolute atomic E-state index is 13.2. The molecule has 188 valence electrons. The maximum atomic E-state index is 13.2. The molecule has 1 aliphatic rings. The number of halogens is 3. The minimum absolute atomic E-state index is 0.119. The summed E-state index contributed by atoms with van der Waals surface area (Å²) in [6.07, 6.45) is 3.42. The molecule has 1 aliphatic heterocycles. The number of carbonyl (C=O) groups is 2. The number of para-hydroxylation sites is 1. The highest BCUT2D eigenvalue weighted by Crippen LogP contribution is 2.41. The van der Waals surface area contributed by atoms with Gasteiger partial charge in [0.15, 0.2) is 0 Å². The lowest BCUT2D eigenvalue weighted by Gasteiger charge is -2.24. The van der Waals surface area contributed by atoms with Gasteiger partial charge in [-0.25, -0.2) is 4.98 Å². The number of anilines is 3. The number of benzene rings is 2. The molecule has 2 amide bonds. The Morgan fingerprint density at radius 1 is 0.919 bits per heavy atom. The summed E-state index contributed by atoms with van der Waals surface area (Å²) < 4.78 is 39.7. The molecule has 2 aromatic heterocycles. The summed E-state index contributed by atoms with van der Waals surface area (Å²) in [5.41, 5.74) is 7.27. The number of amides is 2. The van der Waals surface area contributed by atoms with Crippen molar-refractivity contribution in [2.75, 3.05) is 16.8 Å². The Hall–Kier alpha value is -4.80. The Labute approximate surface area is 210 Å². The van der Waals surface area contributed by atoms with Gasteiger partial charge in [-0.15, -0.1) is 0 Å². The van der Waals surface area contributed by atoms with Crippen molar-refractivity contribution in [2.45, 2.75) is 12.6 Å². The van der Waals surface area contributed by atoms with Gasteiger partial charge in [-0.2, -0.15) is 13.2 Å². The molecule has 5 rings (SSSR count). The molecule has 0 unspecified atom stereocenters. The molecule has 0 bridgehead atoms. The van der Waals surface area contributed by atoms with E-state index in [-0.39, 0.29) is 11.4 Å². The van der Waals surface area contributed by atoms with Crippen LogP contribution in [0.1, 0.15) is 32.0 Å². The quantitative estimate of drug-likeness (QED) is 0.418. The summed E-state index contributed by atoms with van der Waals surface area (Å²) in [6, 6.07) is 14.2. The van der Waals surface area contributed by atoms with Gasteiger partial charge >= 0.3 is 6.18 Å². The van der Waals surface area contributed by atoms with E-state index >= 15 is 0 Å². The van der Waals surface area contributed by atoms with Crippen molar-refractivity contribution in [2.24, 2.45) is 5.73 Å². The molecule has 0 saturated carbocycles. The average molecular weight is 506 g/mol. The Kier molecular flexibility index (Phi) is 7.42. The van der Waals surface area contributed by atoms with Crippen LogP contribution in [-0.2, 0) is 12.6 Å². The van der Waals surface area contributed by atoms with Gasteiger partial charge in [-0.1, -0.05) is 18.2 Å². The molecule has 0 radical (unpaired) electrons. The first-order valence-corrected chi connectivity index (χ1v) is 11.1. The fraction of sp³-hybridized carbons (Fsp3) is 0.115. The van der Waals surface area contributed by atoms with Gasteiger partial charge in [0.05, 0.1) is 23.1 Å². The molecule has 0 saturated heterocycles. The third-order valence-electron chi connectivity index (χ3n) is 5.51. The zero-order valence-electron chi connectivity index (χ0n) is 19.3. The Bertz CT molecular complexity index is 1400. The monoisotopic (exact) mass is 506 g/mol. The van der Waals surface area contributed by atoms with E-state index in [1.54, 1.807) is 0 Å². The topological polar surface area (TPSA) is 114 Å². The normalized spacial score (nSPS) is 12.2. The van der Waals surface area contributed by atoms with Crippen molar-refractivity contribution < 1.29 is 22.8 Å². The summed E-state index contributed by atoms with van der Waals surface area (Å²) in [4.78, 5) is 35.9. The molecule has 11 heteroatoms. The lowest BCUT2D eigenvalue weighted by molar-refractivity contribution is -0.137. The number of nitrogens with one attached hydrogen (secondary N) is 1. The number of pyridine rings is 1. The summed E-state index contributed by atoms with van der Waals surface area (Å²) in [5, 5.41) is 2.64. The molecule has 8 nitrogen and oxygen atoms in total. The Balaban J connectivity index is 0.000000301. The molecule has 0 aliphatic carbocycles. The van der Waals surface area contributed by atoms with Gasteiger partial charge < -0.3 is 16.0 Å². The van der Waals surface area contributed by atoms with Gasteiger partial charge in [0.1, 0.15) is 5.69 Å². The summed E-state index contributed by atoms with van der Waals surface area (Å²) in [6.45, 7) is 0.628. The van der Waals surface area contributed by atoms with Crippen molar-refractivity contribution >= 4 is 28.9 Å². The smallest absolute Gasteiger partial charge is 0.364 e. The lowest BCUT2D eigenvalue weighted by atomic mass is 10.1. The van der Waals surface area contributed by atoms with E-state index in [1.807, 2.05) is 29.2 Å². The van der Waals surface area contributed by atoms with Crippen LogP contribution in [0, 0.1) is 0 Å². The van der Waals surface area contributed by atoms with Crippen LogP contribution in [-0.4, -0.2) is 33.3 Å². The zero-order chi connectivity index (χ0) is 26.4. The second-order valence-electron chi connectivity index (χ2n) is 7.90.